The summed E-state index contributed by atoms with van der Waals surface area (Å²) in [7, 11) is 1.69. The van der Waals surface area contributed by atoms with Gasteiger partial charge in [-0.15, -0.1) is 11.3 Å². The SMILES string of the molecule is COCCN1CC[C@@]2(CN(Cc3ccc(C)s3)C[C@H]2c2cn(C(C)C)cn2)C1=O. The zero-order valence-corrected chi connectivity index (χ0v) is 18.7. The van der Waals surface area contributed by atoms with Crippen LogP contribution in [-0.2, 0) is 16.1 Å². The Hall–Kier alpha value is -1.70. The molecule has 0 aliphatic carbocycles. The highest BCUT2D eigenvalue weighted by Crippen LogP contribution is 2.50. The van der Waals surface area contributed by atoms with Gasteiger partial charge in [0.05, 0.1) is 24.0 Å². The van der Waals surface area contributed by atoms with E-state index >= 15 is 0 Å². The molecule has 1 spiro atoms. The summed E-state index contributed by atoms with van der Waals surface area (Å²) in [4.78, 5) is 25.5. The number of carbonyl (C=O) groups excluding carboxylic acids is 1. The lowest BCUT2D eigenvalue weighted by Crippen LogP contribution is -2.40. The average molecular weight is 417 g/mol. The Morgan fingerprint density at radius 1 is 1.38 bits per heavy atom. The molecule has 158 valence electrons. The zero-order chi connectivity index (χ0) is 20.6. The molecule has 4 rings (SSSR count). The smallest absolute Gasteiger partial charge is 0.230 e. The van der Waals surface area contributed by atoms with Crippen molar-refractivity contribution in [3.63, 3.8) is 0 Å². The second-order valence-electron chi connectivity index (χ2n) is 8.77. The highest BCUT2D eigenvalue weighted by atomic mass is 32.1. The van der Waals surface area contributed by atoms with Crippen LogP contribution < -0.4 is 0 Å². The van der Waals surface area contributed by atoms with E-state index in [1.54, 1.807) is 7.11 Å². The van der Waals surface area contributed by atoms with E-state index in [1.807, 2.05) is 22.6 Å². The van der Waals surface area contributed by atoms with Crippen LogP contribution in [0.1, 0.15) is 47.7 Å². The maximum atomic E-state index is 13.6. The van der Waals surface area contributed by atoms with Gasteiger partial charge in [0.2, 0.25) is 5.91 Å². The number of ether oxygens (including phenoxy) is 1. The quantitative estimate of drug-likeness (QED) is 0.695. The lowest BCUT2D eigenvalue weighted by atomic mass is 9.75. The number of hydrogen-bond donors (Lipinski definition) is 0. The first-order valence-corrected chi connectivity index (χ1v) is 11.3. The van der Waals surface area contributed by atoms with E-state index in [0.717, 1.165) is 38.3 Å². The number of nitrogens with zero attached hydrogens (tertiary/aromatic N) is 4. The molecule has 1 amide bonds. The molecule has 7 heteroatoms. The number of amides is 1. The molecule has 2 aliphatic rings. The van der Waals surface area contributed by atoms with Crippen molar-refractivity contribution < 1.29 is 9.53 Å². The van der Waals surface area contributed by atoms with Gasteiger partial charge in [0, 0.05) is 67.7 Å². The van der Waals surface area contributed by atoms with Crippen LogP contribution in [0.3, 0.4) is 0 Å². The minimum Gasteiger partial charge on any atom is -0.383 e. The normalized spacial score (nSPS) is 25.2. The Morgan fingerprint density at radius 2 is 2.21 bits per heavy atom. The van der Waals surface area contributed by atoms with Crippen molar-refractivity contribution in [1.29, 1.82) is 0 Å². The molecule has 2 fully saturated rings. The largest absolute Gasteiger partial charge is 0.383 e. The van der Waals surface area contributed by atoms with E-state index in [9.17, 15) is 4.79 Å². The molecule has 2 atom stereocenters. The summed E-state index contributed by atoms with van der Waals surface area (Å²) in [6, 6.07) is 4.77. The average Bonchev–Trinajstić information content (AvgIpc) is 3.44. The molecule has 2 aromatic rings. The minimum absolute atomic E-state index is 0.142. The Balaban J connectivity index is 1.61. The second-order valence-corrected chi connectivity index (χ2v) is 10.1. The van der Waals surface area contributed by atoms with Crippen molar-refractivity contribution >= 4 is 17.2 Å². The Morgan fingerprint density at radius 3 is 2.86 bits per heavy atom. The number of hydrogen-bond acceptors (Lipinski definition) is 5. The van der Waals surface area contributed by atoms with Crippen LogP contribution in [0.2, 0.25) is 0 Å². The molecule has 0 saturated carbocycles. The fourth-order valence-electron chi connectivity index (χ4n) is 4.85. The van der Waals surface area contributed by atoms with Gasteiger partial charge in [-0.2, -0.15) is 0 Å². The molecule has 0 unspecified atom stereocenters. The van der Waals surface area contributed by atoms with Gasteiger partial charge < -0.3 is 14.2 Å². The monoisotopic (exact) mass is 416 g/mol. The van der Waals surface area contributed by atoms with E-state index < -0.39 is 0 Å². The van der Waals surface area contributed by atoms with Crippen molar-refractivity contribution in [2.24, 2.45) is 5.41 Å². The first kappa shape index (κ1) is 20.6. The van der Waals surface area contributed by atoms with Crippen LogP contribution in [0.5, 0.6) is 0 Å². The van der Waals surface area contributed by atoms with Crippen molar-refractivity contribution in [2.45, 2.75) is 45.7 Å². The third kappa shape index (κ3) is 3.88. The third-order valence-corrected chi connectivity index (χ3v) is 7.46. The highest BCUT2D eigenvalue weighted by molar-refractivity contribution is 7.11. The molecule has 2 saturated heterocycles. The number of thiophene rings is 1. The van der Waals surface area contributed by atoms with E-state index in [1.165, 1.54) is 9.75 Å². The summed E-state index contributed by atoms with van der Waals surface area (Å²) in [5, 5.41) is 0. The Bertz CT molecular complexity index is 861. The van der Waals surface area contributed by atoms with Crippen molar-refractivity contribution in [1.82, 2.24) is 19.4 Å². The van der Waals surface area contributed by atoms with Crippen LogP contribution >= 0.6 is 11.3 Å². The Kier molecular flexibility index (Phi) is 5.82. The predicted molar refractivity (Wildman–Crippen MR) is 115 cm³/mol. The molecule has 2 aliphatic heterocycles. The zero-order valence-electron chi connectivity index (χ0n) is 17.9. The van der Waals surface area contributed by atoms with Gasteiger partial charge in [0.15, 0.2) is 0 Å². The van der Waals surface area contributed by atoms with Gasteiger partial charge >= 0.3 is 0 Å². The number of imidazole rings is 1. The number of methoxy groups -OCH3 is 1. The Labute approximate surface area is 177 Å². The second kappa shape index (κ2) is 8.20. The van der Waals surface area contributed by atoms with Crippen molar-refractivity contribution in [3.8, 4) is 0 Å². The summed E-state index contributed by atoms with van der Waals surface area (Å²) >= 11 is 1.85. The van der Waals surface area contributed by atoms with Crippen LogP contribution in [0, 0.1) is 12.3 Å². The summed E-state index contributed by atoms with van der Waals surface area (Å²) in [5.41, 5.74) is 0.696. The van der Waals surface area contributed by atoms with E-state index in [2.05, 4.69) is 48.6 Å². The maximum Gasteiger partial charge on any atom is 0.230 e. The number of likely N-dealkylation sites (tertiary alicyclic amines) is 2. The number of rotatable bonds is 7. The topological polar surface area (TPSA) is 50.6 Å². The van der Waals surface area contributed by atoms with Gasteiger partial charge in [-0.3, -0.25) is 9.69 Å². The van der Waals surface area contributed by atoms with Crippen LogP contribution in [0.15, 0.2) is 24.7 Å². The lowest BCUT2D eigenvalue weighted by molar-refractivity contribution is -0.136. The number of carbonyl (C=O) groups is 1. The molecule has 4 heterocycles. The summed E-state index contributed by atoms with van der Waals surface area (Å²) < 4.78 is 7.38. The van der Waals surface area contributed by atoms with Crippen molar-refractivity contribution in [2.75, 3.05) is 39.9 Å². The molecule has 2 aromatic heterocycles. The minimum atomic E-state index is -0.365. The van der Waals surface area contributed by atoms with Gasteiger partial charge in [-0.25, -0.2) is 4.98 Å². The van der Waals surface area contributed by atoms with E-state index in [-0.39, 0.29) is 17.2 Å². The van der Waals surface area contributed by atoms with Crippen molar-refractivity contribution in [3.05, 3.63) is 40.1 Å². The molecule has 0 aromatic carbocycles. The van der Waals surface area contributed by atoms with E-state index in [0.29, 0.717) is 19.2 Å². The van der Waals surface area contributed by atoms with Gasteiger partial charge in [-0.1, -0.05) is 0 Å². The van der Waals surface area contributed by atoms with Crippen LogP contribution in [0.25, 0.3) is 0 Å². The molecular weight excluding hydrogens is 384 g/mol. The van der Waals surface area contributed by atoms with Gasteiger partial charge in [0.1, 0.15) is 0 Å². The van der Waals surface area contributed by atoms with Gasteiger partial charge in [-0.05, 0) is 39.3 Å². The standard InChI is InChI=1S/C22H32N4O2S/c1-16(2)26-13-20(23-15-26)19-12-24(11-18-6-5-17(3)29-18)14-22(19)7-8-25(21(22)27)9-10-28-4/h5-6,13,15-16,19H,7-12,14H2,1-4H3/t19-,22-/m0/s1. The fraction of sp³-hybridized carbons (Fsp3) is 0.636. The molecule has 29 heavy (non-hydrogen) atoms. The fourth-order valence-corrected chi connectivity index (χ4v) is 5.78. The van der Waals surface area contributed by atoms with Crippen LogP contribution in [0.4, 0.5) is 0 Å². The maximum absolute atomic E-state index is 13.6. The lowest BCUT2D eigenvalue weighted by Gasteiger charge is -2.28. The summed E-state index contributed by atoms with van der Waals surface area (Å²) in [6.07, 6.45) is 4.97. The molecule has 0 N–H and O–H groups in total. The van der Waals surface area contributed by atoms with E-state index in [4.69, 9.17) is 9.72 Å². The molecule has 6 nitrogen and oxygen atoms in total. The van der Waals surface area contributed by atoms with Gasteiger partial charge in [0.25, 0.3) is 0 Å². The highest BCUT2D eigenvalue weighted by Gasteiger charge is 2.57. The molecular formula is C22H32N4O2S. The molecule has 0 bridgehead atoms. The number of aromatic nitrogens is 2. The first-order chi connectivity index (χ1) is 13.9. The third-order valence-electron chi connectivity index (χ3n) is 6.47. The summed E-state index contributed by atoms with van der Waals surface area (Å²) in [6.45, 7) is 11.2. The first-order valence-electron chi connectivity index (χ1n) is 10.5. The predicted octanol–water partition coefficient (Wildman–Crippen LogP) is 3.30. The number of aryl methyl sites for hydroxylation is 1. The summed E-state index contributed by atoms with van der Waals surface area (Å²) in [5.74, 6) is 0.423. The molecule has 0 radical (unpaired) electrons. The van der Waals surface area contributed by atoms with Crippen LogP contribution in [-0.4, -0.2) is 65.2 Å².